The fourth-order valence-electron chi connectivity index (χ4n) is 2.86. The number of aryl methyl sites for hydroxylation is 1. The summed E-state index contributed by atoms with van der Waals surface area (Å²) in [6, 6.07) is 14.3. The van der Waals surface area contributed by atoms with Gasteiger partial charge in [-0.15, -0.1) is 0 Å². The number of sulfonamides is 1. The van der Waals surface area contributed by atoms with Gasteiger partial charge in [-0.25, -0.2) is 17.6 Å². The minimum atomic E-state index is -3.92. The number of esters is 1. The predicted octanol–water partition coefficient (Wildman–Crippen LogP) is 4.09. The summed E-state index contributed by atoms with van der Waals surface area (Å²) >= 11 is 0. The van der Waals surface area contributed by atoms with Crippen molar-refractivity contribution in [2.75, 3.05) is 11.4 Å². The summed E-state index contributed by atoms with van der Waals surface area (Å²) < 4.78 is 44.6. The predicted molar refractivity (Wildman–Crippen MR) is 111 cm³/mol. The van der Waals surface area contributed by atoms with Gasteiger partial charge >= 0.3 is 5.97 Å². The van der Waals surface area contributed by atoms with Crippen LogP contribution in [0.5, 0.6) is 5.75 Å². The van der Waals surface area contributed by atoms with E-state index >= 15 is 0 Å². The van der Waals surface area contributed by atoms with Crippen LogP contribution in [0.4, 0.5) is 15.8 Å². The van der Waals surface area contributed by atoms with Crippen LogP contribution in [0.1, 0.15) is 15.9 Å². The van der Waals surface area contributed by atoms with Crippen LogP contribution in [0.15, 0.2) is 71.6 Å². The van der Waals surface area contributed by atoms with Gasteiger partial charge in [-0.1, -0.05) is 12.1 Å². The summed E-state index contributed by atoms with van der Waals surface area (Å²) in [4.78, 5) is 22.9. The first-order valence-corrected chi connectivity index (χ1v) is 10.4. The van der Waals surface area contributed by atoms with E-state index in [0.717, 1.165) is 28.6 Å². The van der Waals surface area contributed by atoms with Gasteiger partial charge in [0.05, 0.1) is 15.5 Å². The van der Waals surface area contributed by atoms with E-state index in [-0.39, 0.29) is 27.6 Å². The number of carbonyl (C=O) groups excluding carboxylic acids is 1. The molecular weight excluding hydrogens is 427 g/mol. The maximum absolute atomic E-state index is 13.1. The van der Waals surface area contributed by atoms with Crippen LogP contribution in [-0.4, -0.2) is 26.4 Å². The number of nitro benzene ring substituents is 1. The van der Waals surface area contributed by atoms with Crippen LogP contribution < -0.4 is 9.04 Å². The third-order valence-electron chi connectivity index (χ3n) is 4.52. The molecule has 0 amide bonds. The van der Waals surface area contributed by atoms with E-state index < -0.39 is 26.7 Å². The average molecular weight is 444 g/mol. The van der Waals surface area contributed by atoms with E-state index in [2.05, 4.69) is 0 Å². The van der Waals surface area contributed by atoms with Crippen LogP contribution in [0.25, 0.3) is 0 Å². The summed E-state index contributed by atoms with van der Waals surface area (Å²) in [5.74, 6) is -1.38. The Kier molecular flexibility index (Phi) is 6.02. The molecule has 0 unspecified atom stereocenters. The first-order chi connectivity index (χ1) is 14.6. The minimum Gasteiger partial charge on any atom is -0.423 e. The van der Waals surface area contributed by atoms with Crippen LogP contribution in [0, 0.1) is 22.9 Å². The van der Waals surface area contributed by atoms with Crippen molar-refractivity contribution in [3.05, 3.63) is 93.8 Å². The van der Waals surface area contributed by atoms with E-state index in [1.165, 1.54) is 56.4 Å². The largest absolute Gasteiger partial charge is 0.423 e. The summed E-state index contributed by atoms with van der Waals surface area (Å²) in [7, 11) is -2.59. The van der Waals surface area contributed by atoms with Gasteiger partial charge in [0.15, 0.2) is 0 Å². The Morgan fingerprint density at radius 3 is 2.23 bits per heavy atom. The molecule has 160 valence electrons. The maximum atomic E-state index is 13.1. The van der Waals surface area contributed by atoms with E-state index in [0.29, 0.717) is 5.56 Å². The van der Waals surface area contributed by atoms with Crippen LogP contribution in [0.3, 0.4) is 0 Å². The molecular formula is C21H17FN2O6S. The number of nitrogens with zero attached hydrogens (tertiary/aromatic N) is 2. The number of nitro groups is 1. The molecule has 0 saturated heterocycles. The van der Waals surface area contributed by atoms with Crippen molar-refractivity contribution in [2.45, 2.75) is 11.8 Å². The van der Waals surface area contributed by atoms with Gasteiger partial charge < -0.3 is 4.74 Å². The Morgan fingerprint density at radius 2 is 1.65 bits per heavy atom. The molecule has 0 spiro atoms. The molecule has 10 heteroatoms. The second kappa shape index (κ2) is 8.52. The van der Waals surface area contributed by atoms with Crippen molar-refractivity contribution in [3.8, 4) is 5.75 Å². The van der Waals surface area contributed by atoms with E-state index in [4.69, 9.17) is 4.74 Å². The van der Waals surface area contributed by atoms with Crippen LogP contribution in [-0.2, 0) is 10.0 Å². The fraction of sp³-hybridized carbons (Fsp3) is 0.0952. The Balaban J connectivity index is 1.81. The number of anilines is 1. The van der Waals surface area contributed by atoms with Crippen molar-refractivity contribution in [2.24, 2.45) is 0 Å². The second-order valence-corrected chi connectivity index (χ2v) is 8.51. The van der Waals surface area contributed by atoms with E-state index in [1.807, 2.05) is 0 Å². The van der Waals surface area contributed by atoms with Gasteiger partial charge in [0.1, 0.15) is 17.1 Å². The Morgan fingerprint density at radius 1 is 1.03 bits per heavy atom. The standard InChI is InChI=1S/C21H17FN2O6S/c1-14-4-3-5-19(20(14)24(26)27)21(25)30-17-10-8-16(9-11-17)23(2)31(28,29)18-12-6-15(22)7-13-18/h3-13H,1-2H3. The van der Waals surface area contributed by atoms with Gasteiger partial charge in [-0.05, 0) is 61.5 Å². The quantitative estimate of drug-likeness (QED) is 0.245. The Labute approximate surface area is 177 Å². The maximum Gasteiger partial charge on any atom is 0.350 e. The highest BCUT2D eigenvalue weighted by Crippen LogP contribution is 2.27. The van der Waals surface area contributed by atoms with Crippen molar-refractivity contribution in [1.29, 1.82) is 0 Å². The summed E-state index contributed by atoms with van der Waals surface area (Å²) in [5.41, 5.74) is 0.0624. The molecule has 8 nitrogen and oxygen atoms in total. The first-order valence-electron chi connectivity index (χ1n) is 8.92. The monoisotopic (exact) mass is 444 g/mol. The molecule has 3 aromatic rings. The number of para-hydroxylation sites is 1. The van der Waals surface area contributed by atoms with Crippen molar-refractivity contribution in [3.63, 3.8) is 0 Å². The fourth-order valence-corrected chi connectivity index (χ4v) is 4.05. The van der Waals surface area contributed by atoms with Gasteiger partial charge in [-0.3, -0.25) is 14.4 Å². The molecule has 3 rings (SSSR count). The molecule has 0 aliphatic heterocycles. The number of benzene rings is 3. The third-order valence-corrected chi connectivity index (χ3v) is 6.32. The molecule has 0 fully saturated rings. The highest BCUT2D eigenvalue weighted by atomic mass is 32.2. The molecule has 0 heterocycles. The molecule has 3 aromatic carbocycles. The number of rotatable bonds is 6. The van der Waals surface area contributed by atoms with Gasteiger partial charge in [-0.2, -0.15) is 0 Å². The first kappa shape index (κ1) is 21.9. The zero-order valence-electron chi connectivity index (χ0n) is 16.5. The number of halogens is 1. The molecule has 0 N–H and O–H groups in total. The van der Waals surface area contributed by atoms with Crippen LogP contribution in [0.2, 0.25) is 0 Å². The lowest BCUT2D eigenvalue weighted by Gasteiger charge is -2.19. The topological polar surface area (TPSA) is 107 Å². The molecule has 0 atom stereocenters. The summed E-state index contributed by atoms with van der Waals surface area (Å²) in [6.07, 6.45) is 0. The smallest absolute Gasteiger partial charge is 0.350 e. The molecule has 0 aromatic heterocycles. The highest BCUT2D eigenvalue weighted by molar-refractivity contribution is 7.92. The number of ether oxygens (including phenoxy) is 1. The van der Waals surface area contributed by atoms with Crippen LogP contribution >= 0.6 is 0 Å². The lowest BCUT2D eigenvalue weighted by Crippen LogP contribution is -2.26. The zero-order chi connectivity index (χ0) is 22.8. The molecule has 0 saturated carbocycles. The normalized spacial score (nSPS) is 11.1. The summed E-state index contributed by atoms with van der Waals surface area (Å²) in [6.45, 7) is 1.51. The number of hydrogen-bond acceptors (Lipinski definition) is 6. The number of carbonyl (C=O) groups is 1. The van der Waals surface area contributed by atoms with Crippen molar-refractivity contribution < 1.29 is 27.3 Å². The number of hydrogen-bond donors (Lipinski definition) is 0. The second-order valence-electron chi connectivity index (χ2n) is 6.54. The molecule has 0 bridgehead atoms. The Bertz CT molecular complexity index is 1240. The summed E-state index contributed by atoms with van der Waals surface area (Å²) in [5, 5.41) is 11.3. The molecule has 31 heavy (non-hydrogen) atoms. The Hall–Kier alpha value is -3.79. The third kappa shape index (κ3) is 4.53. The highest BCUT2D eigenvalue weighted by Gasteiger charge is 2.25. The minimum absolute atomic E-state index is 0.0807. The molecule has 0 aliphatic rings. The SMILES string of the molecule is Cc1cccc(C(=O)Oc2ccc(N(C)S(=O)(=O)c3ccc(F)cc3)cc2)c1[N+](=O)[O-]. The van der Waals surface area contributed by atoms with Gasteiger partial charge in [0, 0.05) is 12.6 Å². The van der Waals surface area contributed by atoms with Gasteiger partial charge in [0.25, 0.3) is 15.7 Å². The average Bonchev–Trinajstić information content (AvgIpc) is 2.73. The lowest BCUT2D eigenvalue weighted by atomic mass is 10.1. The zero-order valence-corrected chi connectivity index (χ0v) is 17.3. The van der Waals surface area contributed by atoms with Crippen molar-refractivity contribution in [1.82, 2.24) is 0 Å². The van der Waals surface area contributed by atoms with Crippen molar-refractivity contribution >= 4 is 27.4 Å². The van der Waals surface area contributed by atoms with E-state index in [1.54, 1.807) is 0 Å². The molecule has 0 aliphatic carbocycles. The van der Waals surface area contributed by atoms with E-state index in [9.17, 15) is 27.7 Å². The van der Waals surface area contributed by atoms with Gasteiger partial charge in [0.2, 0.25) is 0 Å². The lowest BCUT2D eigenvalue weighted by molar-refractivity contribution is -0.385. The molecule has 0 radical (unpaired) electrons.